The third kappa shape index (κ3) is 6.70. The number of esters is 1. The lowest BCUT2D eigenvalue weighted by molar-refractivity contribution is -0.385. The Balaban J connectivity index is 1.42. The molecule has 2 heterocycles. The summed E-state index contributed by atoms with van der Waals surface area (Å²) >= 11 is 1.14. The SMILES string of the molecule is CCOC(=O)C1=C(c2ccccc2)N=c2s/c(=C\c3ccc(OS(=O)(=O)c4ccc(C)c([N+](=O)[O-])c4)cc3)c(=O)n2[C@H]1c1ccc(OC)cc1. The molecule has 1 aromatic heterocycles. The quantitative estimate of drug-likeness (QED) is 0.0849. The number of nitro groups is 1. The van der Waals surface area contributed by atoms with E-state index in [0.717, 1.165) is 17.4 Å². The standard InChI is InChI=1S/C36H29N3O9S2/c1-4-47-35(41)31-32(24-8-6-5-7-9-24)37-36-38(33(31)25-13-17-26(46-3)18-14-25)34(40)30(49-36)20-23-11-15-27(16-12-23)48-50(44,45)28-19-10-22(2)29(21-28)39(42)43/h5-21,33H,4H2,1-3H3/b30-20-/t33-/m0/s1. The topological polar surface area (TPSA) is 156 Å². The molecule has 0 unspecified atom stereocenters. The minimum absolute atomic E-state index is 0.0297. The van der Waals surface area contributed by atoms with Crippen molar-refractivity contribution < 1.29 is 31.8 Å². The number of hydrogen-bond acceptors (Lipinski definition) is 11. The van der Waals surface area contributed by atoms with Crippen LogP contribution in [0.4, 0.5) is 5.69 Å². The van der Waals surface area contributed by atoms with Gasteiger partial charge in [0.1, 0.15) is 16.4 Å². The predicted octanol–water partition coefficient (Wildman–Crippen LogP) is 4.93. The van der Waals surface area contributed by atoms with Crippen LogP contribution in [0.2, 0.25) is 0 Å². The fraction of sp³-hybridized carbons (Fsp3) is 0.139. The van der Waals surface area contributed by atoms with Crippen LogP contribution in [-0.4, -0.2) is 37.6 Å². The van der Waals surface area contributed by atoms with Crippen LogP contribution >= 0.6 is 11.3 Å². The molecule has 0 saturated carbocycles. The van der Waals surface area contributed by atoms with Gasteiger partial charge < -0.3 is 13.7 Å². The summed E-state index contributed by atoms with van der Waals surface area (Å²) in [6.45, 7) is 3.33. The Bertz CT molecular complexity index is 2440. The molecular weight excluding hydrogens is 683 g/mol. The third-order valence-corrected chi connectivity index (χ3v) is 10.1. The van der Waals surface area contributed by atoms with Gasteiger partial charge in [0.05, 0.1) is 40.5 Å². The van der Waals surface area contributed by atoms with E-state index < -0.39 is 32.6 Å². The molecule has 0 saturated heterocycles. The van der Waals surface area contributed by atoms with E-state index in [4.69, 9.17) is 18.6 Å². The molecule has 0 aliphatic carbocycles. The van der Waals surface area contributed by atoms with Crippen molar-refractivity contribution >= 4 is 44.9 Å². The molecule has 14 heteroatoms. The van der Waals surface area contributed by atoms with Crippen LogP contribution < -0.4 is 23.8 Å². The van der Waals surface area contributed by atoms with Crippen LogP contribution in [0.15, 0.2) is 117 Å². The van der Waals surface area contributed by atoms with Crippen LogP contribution in [0.3, 0.4) is 0 Å². The molecule has 254 valence electrons. The average molecular weight is 712 g/mol. The number of carbonyl (C=O) groups is 1. The van der Waals surface area contributed by atoms with Crippen molar-refractivity contribution in [2.45, 2.75) is 24.8 Å². The smallest absolute Gasteiger partial charge is 0.339 e. The second-order valence-electron chi connectivity index (χ2n) is 11.0. The first-order valence-electron chi connectivity index (χ1n) is 15.2. The lowest BCUT2D eigenvalue weighted by Gasteiger charge is -2.26. The van der Waals surface area contributed by atoms with Gasteiger partial charge in [-0.15, -0.1) is 0 Å². The van der Waals surface area contributed by atoms with Crippen LogP contribution in [-0.2, 0) is 19.6 Å². The van der Waals surface area contributed by atoms with Crippen molar-refractivity contribution in [3.8, 4) is 11.5 Å². The molecule has 1 aliphatic heterocycles. The van der Waals surface area contributed by atoms with Gasteiger partial charge in [-0.1, -0.05) is 72.0 Å². The molecule has 0 spiro atoms. The summed E-state index contributed by atoms with van der Waals surface area (Å²) in [5.74, 6) is -0.0274. The summed E-state index contributed by atoms with van der Waals surface area (Å²) in [6.07, 6.45) is 1.63. The summed E-state index contributed by atoms with van der Waals surface area (Å²) in [7, 11) is -2.83. The molecule has 0 radical (unpaired) electrons. The molecule has 6 rings (SSSR count). The van der Waals surface area contributed by atoms with E-state index in [-0.39, 0.29) is 28.5 Å². The van der Waals surface area contributed by atoms with Crippen molar-refractivity contribution in [2.24, 2.45) is 4.99 Å². The fourth-order valence-electron chi connectivity index (χ4n) is 5.43. The van der Waals surface area contributed by atoms with Gasteiger partial charge in [-0.3, -0.25) is 19.5 Å². The Morgan fingerprint density at radius 3 is 2.32 bits per heavy atom. The lowest BCUT2D eigenvalue weighted by atomic mass is 9.93. The van der Waals surface area contributed by atoms with E-state index in [0.29, 0.717) is 43.0 Å². The maximum Gasteiger partial charge on any atom is 0.339 e. The van der Waals surface area contributed by atoms with Crippen LogP contribution in [0, 0.1) is 17.0 Å². The second-order valence-corrected chi connectivity index (χ2v) is 13.6. The van der Waals surface area contributed by atoms with E-state index in [2.05, 4.69) is 0 Å². The molecule has 0 fully saturated rings. The maximum atomic E-state index is 14.1. The van der Waals surface area contributed by atoms with Crippen molar-refractivity contribution in [1.29, 1.82) is 0 Å². The summed E-state index contributed by atoms with van der Waals surface area (Å²) in [5, 5.41) is 11.3. The number of nitrogens with zero attached hydrogens (tertiary/aromatic N) is 3. The number of nitro benzene ring substituents is 1. The van der Waals surface area contributed by atoms with Crippen LogP contribution in [0.5, 0.6) is 11.5 Å². The number of thiazole rings is 1. The highest BCUT2D eigenvalue weighted by Crippen LogP contribution is 2.36. The van der Waals surface area contributed by atoms with Gasteiger partial charge in [-0.05, 0) is 61.4 Å². The minimum atomic E-state index is -4.38. The van der Waals surface area contributed by atoms with E-state index in [1.54, 1.807) is 56.5 Å². The number of carbonyl (C=O) groups excluding carboxylic acids is 1. The van der Waals surface area contributed by atoms with E-state index in [9.17, 15) is 28.1 Å². The van der Waals surface area contributed by atoms with Gasteiger partial charge in [0.15, 0.2) is 4.80 Å². The first-order chi connectivity index (χ1) is 24.0. The number of ether oxygens (including phenoxy) is 2. The maximum absolute atomic E-state index is 14.1. The summed E-state index contributed by atoms with van der Waals surface area (Å²) < 4.78 is 43.7. The number of methoxy groups -OCH3 is 1. The second kappa shape index (κ2) is 13.9. The molecule has 0 amide bonds. The van der Waals surface area contributed by atoms with Gasteiger partial charge in [0.25, 0.3) is 11.2 Å². The van der Waals surface area contributed by atoms with E-state index >= 15 is 0 Å². The number of benzene rings is 4. The molecule has 4 aromatic carbocycles. The van der Waals surface area contributed by atoms with Crippen molar-refractivity contribution in [2.75, 3.05) is 13.7 Å². The summed E-state index contributed by atoms with van der Waals surface area (Å²) in [4.78, 5) is 43.2. The molecule has 5 aromatic rings. The average Bonchev–Trinajstić information content (AvgIpc) is 3.42. The van der Waals surface area contributed by atoms with Crippen LogP contribution in [0.25, 0.3) is 11.8 Å². The number of hydrogen-bond donors (Lipinski definition) is 0. The molecule has 1 atom stereocenters. The molecule has 1 aliphatic rings. The normalized spacial score (nSPS) is 14.5. The van der Waals surface area contributed by atoms with E-state index in [1.807, 2.05) is 30.3 Å². The van der Waals surface area contributed by atoms with Gasteiger partial charge in [-0.25, -0.2) is 9.79 Å². The highest BCUT2D eigenvalue weighted by molar-refractivity contribution is 7.87. The molecule has 0 N–H and O–H groups in total. The Kier molecular flexibility index (Phi) is 9.48. The monoisotopic (exact) mass is 711 g/mol. The molecule has 50 heavy (non-hydrogen) atoms. The largest absolute Gasteiger partial charge is 0.497 e. The third-order valence-electron chi connectivity index (χ3n) is 7.85. The molecule has 12 nitrogen and oxygen atoms in total. The van der Waals surface area contributed by atoms with Gasteiger partial charge in [0.2, 0.25) is 0 Å². The van der Waals surface area contributed by atoms with Crippen molar-refractivity contribution in [1.82, 2.24) is 4.57 Å². The van der Waals surface area contributed by atoms with Gasteiger partial charge in [0, 0.05) is 17.2 Å². The van der Waals surface area contributed by atoms with E-state index in [1.165, 1.54) is 35.8 Å². The van der Waals surface area contributed by atoms with Gasteiger partial charge in [-0.2, -0.15) is 8.42 Å². The van der Waals surface area contributed by atoms with Crippen molar-refractivity contribution in [3.63, 3.8) is 0 Å². The zero-order valence-corrected chi connectivity index (χ0v) is 28.6. The predicted molar refractivity (Wildman–Crippen MR) is 186 cm³/mol. The zero-order chi connectivity index (χ0) is 35.6. The zero-order valence-electron chi connectivity index (χ0n) is 26.9. The van der Waals surface area contributed by atoms with Crippen molar-refractivity contribution in [3.05, 3.63) is 155 Å². The molecule has 0 bridgehead atoms. The minimum Gasteiger partial charge on any atom is -0.497 e. The number of rotatable bonds is 10. The summed E-state index contributed by atoms with van der Waals surface area (Å²) in [5.41, 5.74) is 2.05. The molecular formula is C36H29N3O9S2. The number of aromatic nitrogens is 1. The highest BCUT2D eigenvalue weighted by atomic mass is 32.2. The Morgan fingerprint density at radius 2 is 1.68 bits per heavy atom. The Labute approximate surface area is 290 Å². The lowest BCUT2D eigenvalue weighted by Crippen LogP contribution is -2.40. The first-order valence-corrected chi connectivity index (χ1v) is 17.4. The number of fused-ring (bicyclic) bond motifs is 1. The van der Waals surface area contributed by atoms with Crippen LogP contribution in [0.1, 0.15) is 35.2 Å². The van der Waals surface area contributed by atoms with Gasteiger partial charge >= 0.3 is 16.1 Å². The highest BCUT2D eigenvalue weighted by Gasteiger charge is 2.35. The fourth-order valence-corrected chi connectivity index (χ4v) is 7.38. The summed E-state index contributed by atoms with van der Waals surface area (Å²) in [6, 6.07) is 24.9. The first kappa shape index (κ1) is 34.0. The Hall–Kier alpha value is -5.86. The number of aryl methyl sites for hydroxylation is 1. The Morgan fingerprint density at radius 1 is 1.00 bits per heavy atom.